The minimum atomic E-state index is -0.290. The molecule has 0 saturated heterocycles. The normalized spacial score (nSPS) is 14.6. The van der Waals surface area contributed by atoms with Crippen molar-refractivity contribution in [3.63, 3.8) is 0 Å². The Balaban J connectivity index is 1.86. The lowest BCUT2D eigenvalue weighted by atomic mass is 10.0. The maximum atomic E-state index is 13.6. The largest absolute Gasteiger partial charge is 0.481 e. The molecule has 1 aromatic heterocycles. The molecular formula is C19H21FN4O. The van der Waals surface area contributed by atoms with Crippen molar-refractivity contribution < 1.29 is 9.13 Å². The summed E-state index contributed by atoms with van der Waals surface area (Å²) in [6.07, 6.45) is 4.40. The summed E-state index contributed by atoms with van der Waals surface area (Å²) in [6.45, 7) is 3.47. The second-order valence-corrected chi connectivity index (χ2v) is 6.04. The van der Waals surface area contributed by atoms with Crippen molar-refractivity contribution in [3.8, 4) is 17.0 Å². The molecule has 2 heterocycles. The van der Waals surface area contributed by atoms with Crippen LogP contribution < -0.4 is 10.5 Å². The highest BCUT2D eigenvalue weighted by Crippen LogP contribution is 2.29. The average Bonchev–Trinajstić information content (AvgIpc) is 2.77. The van der Waals surface area contributed by atoms with Crippen LogP contribution in [0.1, 0.15) is 18.9 Å². The number of hydrogen-bond donors (Lipinski definition) is 1. The summed E-state index contributed by atoms with van der Waals surface area (Å²) in [6, 6.07) is 8.39. The third-order valence-electron chi connectivity index (χ3n) is 4.19. The van der Waals surface area contributed by atoms with E-state index in [9.17, 15) is 4.39 Å². The molecule has 0 aliphatic carbocycles. The molecule has 0 unspecified atom stereocenters. The van der Waals surface area contributed by atoms with Crippen molar-refractivity contribution in [1.29, 1.82) is 0 Å². The quantitative estimate of drug-likeness (QED) is 0.927. The first-order valence-electron chi connectivity index (χ1n) is 8.09. The van der Waals surface area contributed by atoms with Crippen LogP contribution in [-0.4, -0.2) is 29.9 Å². The first-order chi connectivity index (χ1) is 12.1. The van der Waals surface area contributed by atoms with Crippen LogP contribution in [0.25, 0.3) is 11.1 Å². The Morgan fingerprint density at radius 1 is 1.32 bits per heavy atom. The van der Waals surface area contributed by atoms with Crippen LogP contribution >= 0.6 is 0 Å². The van der Waals surface area contributed by atoms with Gasteiger partial charge in [-0.1, -0.05) is 12.1 Å². The fourth-order valence-corrected chi connectivity index (χ4v) is 2.71. The molecule has 6 heteroatoms. The van der Waals surface area contributed by atoms with Gasteiger partial charge >= 0.3 is 0 Å². The van der Waals surface area contributed by atoms with Crippen LogP contribution in [0.3, 0.4) is 0 Å². The number of nitrogens with zero attached hydrogens (tertiary/aromatic N) is 3. The third kappa shape index (κ3) is 3.96. The molecule has 1 aromatic carbocycles. The molecule has 130 valence electrons. The van der Waals surface area contributed by atoms with Crippen molar-refractivity contribution in [2.75, 3.05) is 13.7 Å². The van der Waals surface area contributed by atoms with E-state index in [0.717, 1.165) is 35.2 Å². The second-order valence-electron chi connectivity index (χ2n) is 6.04. The number of pyridine rings is 1. The van der Waals surface area contributed by atoms with Gasteiger partial charge in [0.1, 0.15) is 11.6 Å². The van der Waals surface area contributed by atoms with E-state index in [-0.39, 0.29) is 5.82 Å². The van der Waals surface area contributed by atoms with Gasteiger partial charge < -0.3 is 15.4 Å². The smallest absolute Gasteiger partial charge is 0.221 e. The first kappa shape index (κ1) is 17.0. The van der Waals surface area contributed by atoms with E-state index in [0.29, 0.717) is 18.2 Å². The standard InChI is InChI=1S/C19H21FN4O/c1-13-6-7-24(12-23-18(13)21)11-14-8-17(19(25-2)22-10-14)15-4-3-5-16(20)9-15/h3-5,8-10,12H,6-7,11,21H2,1-2H3. The lowest BCUT2D eigenvalue weighted by Crippen LogP contribution is -2.22. The molecule has 0 radical (unpaired) electrons. The molecule has 0 amide bonds. The van der Waals surface area contributed by atoms with Crippen LogP contribution in [-0.2, 0) is 6.54 Å². The van der Waals surface area contributed by atoms with Crippen LogP contribution in [0, 0.1) is 5.82 Å². The fourth-order valence-electron chi connectivity index (χ4n) is 2.71. The van der Waals surface area contributed by atoms with Gasteiger partial charge in [0.2, 0.25) is 5.88 Å². The van der Waals surface area contributed by atoms with Crippen LogP contribution in [0.4, 0.5) is 4.39 Å². The summed E-state index contributed by atoms with van der Waals surface area (Å²) in [5.41, 5.74) is 9.45. The van der Waals surface area contributed by atoms with Gasteiger partial charge in [0.15, 0.2) is 0 Å². The van der Waals surface area contributed by atoms with E-state index in [4.69, 9.17) is 10.5 Å². The highest BCUT2D eigenvalue weighted by Gasteiger charge is 2.13. The maximum Gasteiger partial charge on any atom is 0.221 e. The van der Waals surface area contributed by atoms with Crippen LogP contribution in [0.5, 0.6) is 5.88 Å². The zero-order valence-corrected chi connectivity index (χ0v) is 14.4. The average molecular weight is 340 g/mol. The third-order valence-corrected chi connectivity index (χ3v) is 4.19. The maximum absolute atomic E-state index is 13.6. The molecule has 0 atom stereocenters. The zero-order valence-electron chi connectivity index (χ0n) is 14.4. The molecular weight excluding hydrogens is 319 g/mol. The zero-order chi connectivity index (χ0) is 17.8. The molecule has 5 nitrogen and oxygen atoms in total. The van der Waals surface area contributed by atoms with Crippen LogP contribution in [0.15, 0.2) is 52.9 Å². The molecule has 2 aromatic rings. The number of methoxy groups -OCH3 is 1. The number of halogens is 1. The van der Waals surface area contributed by atoms with E-state index >= 15 is 0 Å². The number of rotatable bonds is 4. The van der Waals surface area contributed by atoms with E-state index in [1.54, 1.807) is 25.7 Å². The SMILES string of the molecule is COc1ncc(CN2C=NC(N)=C(C)CC2)cc1-c1cccc(F)c1. The van der Waals surface area contributed by atoms with Gasteiger partial charge in [-0.2, -0.15) is 0 Å². The van der Waals surface area contributed by atoms with Crippen molar-refractivity contribution in [1.82, 2.24) is 9.88 Å². The van der Waals surface area contributed by atoms with Crippen molar-refractivity contribution in [2.24, 2.45) is 10.7 Å². The van der Waals surface area contributed by atoms with E-state index in [2.05, 4.69) is 14.9 Å². The molecule has 3 rings (SSSR count). The fraction of sp³-hybridized carbons (Fsp3) is 0.263. The molecule has 2 N–H and O–H groups in total. The Bertz CT molecular complexity index is 832. The Morgan fingerprint density at radius 3 is 2.92 bits per heavy atom. The predicted molar refractivity (Wildman–Crippen MR) is 96.6 cm³/mol. The number of hydrogen-bond acceptors (Lipinski definition) is 5. The monoisotopic (exact) mass is 340 g/mol. The second kappa shape index (κ2) is 7.34. The van der Waals surface area contributed by atoms with Gasteiger partial charge in [-0.05, 0) is 48.2 Å². The molecule has 1 aliphatic rings. The van der Waals surface area contributed by atoms with E-state index < -0.39 is 0 Å². The minimum absolute atomic E-state index is 0.290. The predicted octanol–water partition coefficient (Wildman–Crippen LogP) is 3.32. The summed E-state index contributed by atoms with van der Waals surface area (Å²) in [7, 11) is 1.56. The molecule has 0 saturated carbocycles. The van der Waals surface area contributed by atoms with Crippen molar-refractivity contribution >= 4 is 6.34 Å². The van der Waals surface area contributed by atoms with Gasteiger partial charge in [-0.15, -0.1) is 0 Å². The van der Waals surface area contributed by atoms with Gasteiger partial charge in [0, 0.05) is 24.8 Å². The molecule has 1 aliphatic heterocycles. The summed E-state index contributed by atoms with van der Waals surface area (Å²) in [4.78, 5) is 10.7. The summed E-state index contributed by atoms with van der Waals surface area (Å²) in [5, 5.41) is 0. The highest BCUT2D eigenvalue weighted by molar-refractivity contribution is 5.69. The van der Waals surface area contributed by atoms with Gasteiger partial charge in [-0.3, -0.25) is 0 Å². The number of benzene rings is 1. The summed E-state index contributed by atoms with van der Waals surface area (Å²) in [5.74, 6) is 0.762. The summed E-state index contributed by atoms with van der Waals surface area (Å²) < 4.78 is 18.9. The minimum Gasteiger partial charge on any atom is -0.481 e. The number of ether oxygens (including phenoxy) is 1. The lowest BCUT2D eigenvalue weighted by Gasteiger charge is -2.19. The highest BCUT2D eigenvalue weighted by atomic mass is 19.1. The van der Waals surface area contributed by atoms with Gasteiger partial charge in [-0.25, -0.2) is 14.4 Å². The van der Waals surface area contributed by atoms with Gasteiger partial charge in [0.05, 0.1) is 13.4 Å². The van der Waals surface area contributed by atoms with E-state index in [1.807, 2.05) is 19.1 Å². The number of aromatic nitrogens is 1. The Labute approximate surface area is 146 Å². The Morgan fingerprint density at radius 2 is 2.16 bits per heavy atom. The first-order valence-corrected chi connectivity index (χ1v) is 8.09. The molecule has 0 fully saturated rings. The van der Waals surface area contributed by atoms with Crippen LogP contribution in [0.2, 0.25) is 0 Å². The number of nitrogens with two attached hydrogens (primary N) is 1. The van der Waals surface area contributed by atoms with Gasteiger partial charge in [0.25, 0.3) is 0 Å². The van der Waals surface area contributed by atoms with E-state index in [1.165, 1.54) is 12.1 Å². The molecule has 25 heavy (non-hydrogen) atoms. The number of aliphatic imine (C=N–C) groups is 1. The molecule has 0 bridgehead atoms. The van der Waals surface area contributed by atoms with Crippen molar-refractivity contribution in [3.05, 3.63) is 59.3 Å². The Kier molecular flexibility index (Phi) is 4.97. The Hall–Kier alpha value is -2.89. The molecule has 0 spiro atoms. The topological polar surface area (TPSA) is 63.7 Å². The summed E-state index contributed by atoms with van der Waals surface area (Å²) >= 11 is 0. The lowest BCUT2D eigenvalue weighted by molar-refractivity contribution is 0.397. The van der Waals surface area contributed by atoms with Crippen molar-refractivity contribution in [2.45, 2.75) is 19.9 Å².